The van der Waals surface area contributed by atoms with Crippen molar-refractivity contribution in [3.05, 3.63) is 85.1 Å². The van der Waals surface area contributed by atoms with Gasteiger partial charge < -0.3 is 19.4 Å². The standard InChI is InChI=1S/C69H125N2O7P/c1-7-10-13-16-19-22-25-28-30-31-32-33-34-35-36-37-38-39-41-43-46-49-52-55-58-61-68(72)70-66(65-77-79(74,75)76-64-63-71(4,5)6)67(60-57-54-51-48-45-42-27-24-21-18-15-12-9-3)78-69(73)62-59-56-53-50-47-44-40-29-26-23-20-17-14-11-8-2/h11,14,17,19-20,22-23,26,28,30,32-33,57,60,66-67H,7-10,12-13,15-16,18,21,24-25,27,29,31,34-56,58-59,61-65H2,1-6H3,(H-,70,72,74,75)/p+1/b14-11+,20-17+,22-19-,26-23+,30-28-,33-32-,60-57-. The Kier molecular flexibility index (Phi) is 56.3. The van der Waals surface area contributed by atoms with Gasteiger partial charge in [0.25, 0.3) is 0 Å². The number of amides is 1. The van der Waals surface area contributed by atoms with Gasteiger partial charge in [-0.05, 0) is 89.5 Å². The van der Waals surface area contributed by atoms with Crippen LogP contribution in [0.5, 0.6) is 0 Å². The molecule has 1 amide bonds. The van der Waals surface area contributed by atoms with Gasteiger partial charge in [-0.25, -0.2) is 4.57 Å². The molecule has 0 aliphatic rings. The van der Waals surface area contributed by atoms with Crippen molar-refractivity contribution in [3.8, 4) is 0 Å². The second-order valence-electron chi connectivity index (χ2n) is 23.3. The van der Waals surface area contributed by atoms with Crippen LogP contribution in [0.4, 0.5) is 0 Å². The zero-order valence-corrected chi connectivity index (χ0v) is 53.2. The third-order valence-electron chi connectivity index (χ3n) is 14.4. The van der Waals surface area contributed by atoms with Crippen LogP contribution in [0.1, 0.15) is 290 Å². The number of unbranched alkanes of at least 4 members (excludes halogenated alkanes) is 33. The van der Waals surface area contributed by atoms with E-state index in [1.54, 1.807) is 0 Å². The Labute approximate surface area is 488 Å². The Morgan fingerprint density at radius 1 is 0.468 bits per heavy atom. The average Bonchev–Trinajstić information content (AvgIpc) is 3.41. The molecule has 3 atom stereocenters. The minimum atomic E-state index is -4.46. The van der Waals surface area contributed by atoms with E-state index in [0.717, 1.165) is 89.9 Å². The molecule has 0 aromatic heterocycles. The summed E-state index contributed by atoms with van der Waals surface area (Å²) in [5, 5.41) is 3.06. The molecule has 458 valence electrons. The van der Waals surface area contributed by atoms with E-state index in [-0.39, 0.29) is 31.5 Å². The van der Waals surface area contributed by atoms with E-state index in [1.807, 2.05) is 33.3 Å². The molecule has 79 heavy (non-hydrogen) atoms. The van der Waals surface area contributed by atoms with Gasteiger partial charge in [0.2, 0.25) is 5.91 Å². The molecule has 10 heteroatoms. The monoisotopic (exact) mass is 1130 g/mol. The molecule has 0 radical (unpaired) electrons. The van der Waals surface area contributed by atoms with E-state index >= 15 is 0 Å². The molecular weight excluding hydrogens is 1000 g/mol. The molecule has 9 nitrogen and oxygen atoms in total. The van der Waals surface area contributed by atoms with Crippen LogP contribution in [0.25, 0.3) is 0 Å². The first-order valence-corrected chi connectivity index (χ1v) is 34.4. The zero-order valence-electron chi connectivity index (χ0n) is 52.3. The molecule has 0 bridgehead atoms. The third kappa shape index (κ3) is 59.6. The van der Waals surface area contributed by atoms with Gasteiger partial charge in [0.05, 0.1) is 33.8 Å². The summed E-state index contributed by atoms with van der Waals surface area (Å²) >= 11 is 0. The maximum absolute atomic E-state index is 13.6. The smallest absolute Gasteiger partial charge is 0.456 e. The van der Waals surface area contributed by atoms with Crippen LogP contribution in [0.2, 0.25) is 0 Å². The number of phosphoric acid groups is 1. The van der Waals surface area contributed by atoms with Crippen molar-refractivity contribution >= 4 is 19.7 Å². The average molecular weight is 1130 g/mol. The van der Waals surface area contributed by atoms with Crippen molar-refractivity contribution in [2.75, 3.05) is 40.9 Å². The highest BCUT2D eigenvalue weighted by molar-refractivity contribution is 7.47. The normalized spacial score (nSPS) is 14.2. The number of nitrogens with zero attached hydrogens (tertiary/aromatic N) is 1. The van der Waals surface area contributed by atoms with E-state index in [2.05, 4.69) is 99.0 Å². The highest BCUT2D eigenvalue weighted by Gasteiger charge is 2.30. The summed E-state index contributed by atoms with van der Waals surface area (Å²) in [6, 6.07) is -0.858. The number of likely N-dealkylation sites (N-methyl/N-ethyl adjacent to an activating group) is 1. The molecule has 0 saturated carbocycles. The second kappa shape index (κ2) is 58.4. The minimum absolute atomic E-state index is 0.0351. The lowest BCUT2D eigenvalue weighted by molar-refractivity contribution is -0.870. The molecule has 0 saturated heterocycles. The van der Waals surface area contributed by atoms with Crippen molar-refractivity contribution < 1.29 is 37.3 Å². The molecule has 0 heterocycles. The predicted molar refractivity (Wildman–Crippen MR) is 341 cm³/mol. The van der Waals surface area contributed by atoms with E-state index in [1.165, 1.54) is 167 Å². The van der Waals surface area contributed by atoms with Gasteiger partial charge in [-0.2, -0.15) is 0 Å². The first-order valence-electron chi connectivity index (χ1n) is 32.9. The van der Waals surface area contributed by atoms with Gasteiger partial charge in [-0.3, -0.25) is 18.6 Å². The molecule has 0 aliphatic heterocycles. The first kappa shape index (κ1) is 76.2. The zero-order chi connectivity index (χ0) is 57.9. The number of rotatable bonds is 59. The summed E-state index contributed by atoms with van der Waals surface area (Å²) in [7, 11) is 1.48. The first-order chi connectivity index (χ1) is 38.4. The number of nitrogens with one attached hydrogen (secondary N) is 1. The molecular formula is C69H126N2O7P+. The van der Waals surface area contributed by atoms with Gasteiger partial charge in [0.1, 0.15) is 19.3 Å². The van der Waals surface area contributed by atoms with Crippen molar-refractivity contribution in [2.24, 2.45) is 0 Å². The van der Waals surface area contributed by atoms with Crippen LogP contribution in [0, 0.1) is 0 Å². The highest BCUT2D eigenvalue weighted by Crippen LogP contribution is 2.43. The predicted octanol–water partition coefficient (Wildman–Crippen LogP) is 20.6. The Balaban J connectivity index is 5.14. The quantitative estimate of drug-likeness (QED) is 0.0156. The fraction of sp³-hybridized carbons (Fsp3) is 0.768. The Bertz CT molecular complexity index is 1630. The summed E-state index contributed by atoms with van der Waals surface area (Å²) in [6.07, 6.45) is 77.2. The van der Waals surface area contributed by atoms with Crippen LogP contribution < -0.4 is 5.32 Å². The molecule has 0 fully saturated rings. The van der Waals surface area contributed by atoms with E-state index in [4.69, 9.17) is 13.8 Å². The molecule has 0 spiro atoms. The Morgan fingerprint density at radius 2 is 0.861 bits per heavy atom. The summed E-state index contributed by atoms with van der Waals surface area (Å²) in [4.78, 5) is 37.8. The number of carbonyl (C=O) groups is 2. The Hall–Kier alpha value is -2.81. The number of esters is 1. The van der Waals surface area contributed by atoms with Gasteiger partial charge >= 0.3 is 13.8 Å². The van der Waals surface area contributed by atoms with Crippen LogP contribution in [-0.4, -0.2) is 74.3 Å². The lowest BCUT2D eigenvalue weighted by Crippen LogP contribution is -2.47. The number of quaternary nitrogens is 1. The Morgan fingerprint density at radius 3 is 1.34 bits per heavy atom. The van der Waals surface area contributed by atoms with Gasteiger partial charge in [-0.1, -0.05) is 273 Å². The van der Waals surface area contributed by atoms with Crippen LogP contribution in [0.15, 0.2) is 85.1 Å². The van der Waals surface area contributed by atoms with E-state index in [0.29, 0.717) is 17.4 Å². The van der Waals surface area contributed by atoms with Gasteiger partial charge in [0.15, 0.2) is 0 Å². The number of hydrogen-bond acceptors (Lipinski definition) is 6. The van der Waals surface area contributed by atoms with Crippen molar-refractivity contribution in [3.63, 3.8) is 0 Å². The number of allylic oxidation sites excluding steroid dienone is 13. The molecule has 0 aromatic carbocycles. The highest BCUT2D eigenvalue weighted by atomic mass is 31.2. The van der Waals surface area contributed by atoms with Gasteiger partial charge in [-0.15, -0.1) is 0 Å². The fourth-order valence-electron chi connectivity index (χ4n) is 9.30. The minimum Gasteiger partial charge on any atom is -0.456 e. The largest absolute Gasteiger partial charge is 0.472 e. The molecule has 0 aromatic rings. The topological polar surface area (TPSA) is 111 Å². The fourth-order valence-corrected chi connectivity index (χ4v) is 10.0. The molecule has 2 N–H and O–H groups in total. The third-order valence-corrected chi connectivity index (χ3v) is 15.4. The van der Waals surface area contributed by atoms with E-state index < -0.39 is 20.0 Å². The summed E-state index contributed by atoms with van der Waals surface area (Å²) < 4.78 is 30.7. The number of carbonyl (C=O) groups excluding carboxylic acids is 2. The van der Waals surface area contributed by atoms with Crippen LogP contribution >= 0.6 is 7.82 Å². The number of ether oxygens (including phenoxy) is 1. The van der Waals surface area contributed by atoms with Crippen LogP contribution in [-0.2, 0) is 27.9 Å². The van der Waals surface area contributed by atoms with Crippen molar-refractivity contribution in [2.45, 2.75) is 303 Å². The van der Waals surface area contributed by atoms with E-state index in [9.17, 15) is 19.0 Å². The number of hydrogen-bond donors (Lipinski definition) is 2. The lowest BCUT2D eigenvalue weighted by atomic mass is 10.0. The molecule has 0 rings (SSSR count). The SMILES string of the molecule is CC/C=C/C=C/C=C/CCCCCCCCCC(=O)OC(/C=C\CCCCCCCCCCCCC)C(COP(=O)(O)OCC[N+](C)(C)C)NC(=O)CCCCCCCCCCCCCC/C=C\C/C=C\C/C=C\CCCCC. The van der Waals surface area contributed by atoms with Crippen molar-refractivity contribution in [1.82, 2.24) is 5.32 Å². The maximum Gasteiger partial charge on any atom is 0.472 e. The molecule has 0 aliphatic carbocycles. The second-order valence-corrected chi connectivity index (χ2v) is 24.8. The summed E-state index contributed by atoms with van der Waals surface area (Å²) in [5.41, 5.74) is 0. The summed E-state index contributed by atoms with van der Waals surface area (Å²) in [5.74, 6) is -0.518. The van der Waals surface area contributed by atoms with Crippen LogP contribution in [0.3, 0.4) is 0 Å². The molecule has 3 unspecified atom stereocenters. The van der Waals surface area contributed by atoms with Crippen molar-refractivity contribution in [1.29, 1.82) is 0 Å². The summed E-state index contributed by atoms with van der Waals surface area (Å²) in [6.45, 7) is 6.86. The number of phosphoric ester groups is 1. The lowest BCUT2D eigenvalue weighted by Gasteiger charge is -2.27. The maximum atomic E-state index is 13.6. The van der Waals surface area contributed by atoms with Gasteiger partial charge in [0, 0.05) is 12.8 Å².